The van der Waals surface area contributed by atoms with E-state index in [1.54, 1.807) is 33.6 Å². The van der Waals surface area contributed by atoms with E-state index >= 15 is 0 Å². The summed E-state index contributed by atoms with van der Waals surface area (Å²) < 4.78 is 3.36. The lowest BCUT2D eigenvalue weighted by molar-refractivity contribution is 0.0900. The van der Waals surface area contributed by atoms with E-state index in [1.807, 2.05) is 51.2 Å². The highest BCUT2D eigenvalue weighted by Crippen LogP contribution is 2.14. The lowest BCUT2D eigenvalue weighted by Crippen LogP contribution is -2.38. The van der Waals surface area contributed by atoms with Gasteiger partial charge in [-0.1, -0.05) is 26.0 Å². The van der Waals surface area contributed by atoms with Crippen LogP contribution < -0.4 is 10.6 Å². The maximum absolute atomic E-state index is 13.0. The second-order valence-corrected chi connectivity index (χ2v) is 9.06. The van der Waals surface area contributed by atoms with Gasteiger partial charge >= 0.3 is 0 Å². The van der Waals surface area contributed by atoms with Crippen molar-refractivity contribution in [1.29, 1.82) is 0 Å². The standard InChI is InChI=1S/C26H30N6O3/c1-17(2)10-20(16-33)30-26(35)23-14-27-24-22(8-5-9-31(23)24)25(34)28-12-19-13-29-32(15-19)21-7-4-6-18(3)11-21/h4-9,11,13-15,17,20,33H,10,12,16H2,1-3H3,(H,28,34)(H,30,35)/t20-/m0/s1. The van der Waals surface area contributed by atoms with Crippen molar-refractivity contribution >= 4 is 17.5 Å². The van der Waals surface area contributed by atoms with Crippen molar-refractivity contribution in [2.24, 2.45) is 5.92 Å². The molecule has 0 unspecified atom stereocenters. The summed E-state index contributed by atoms with van der Waals surface area (Å²) in [7, 11) is 0. The molecule has 0 saturated carbocycles. The zero-order valence-corrected chi connectivity index (χ0v) is 20.1. The summed E-state index contributed by atoms with van der Waals surface area (Å²) >= 11 is 0. The van der Waals surface area contributed by atoms with Crippen LogP contribution in [0.25, 0.3) is 11.3 Å². The maximum atomic E-state index is 13.0. The molecule has 4 aromatic rings. The van der Waals surface area contributed by atoms with Gasteiger partial charge in [-0.05, 0) is 49.1 Å². The Morgan fingerprint density at radius 3 is 2.69 bits per heavy atom. The highest BCUT2D eigenvalue weighted by atomic mass is 16.3. The average molecular weight is 475 g/mol. The summed E-state index contributed by atoms with van der Waals surface area (Å²) in [6, 6.07) is 11.0. The van der Waals surface area contributed by atoms with Crippen molar-refractivity contribution in [2.75, 3.05) is 6.61 Å². The number of hydrogen-bond donors (Lipinski definition) is 3. The molecule has 182 valence electrons. The van der Waals surface area contributed by atoms with Crippen molar-refractivity contribution in [3.8, 4) is 5.69 Å². The first-order valence-corrected chi connectivity index (χ1v) is 11.6. The molecular weight excluding hydrogens is 444 g/mol. The van der Waals surface area contributed by atoms with Gasteiger partial charge in [0, 0.05) is 24.5 Å². The van der Waals surface area contributed by atoms with Crippen LogP contribution >= 0.6 is 0 Å². The van der Waals surface area contributed by atoms with Crippen LogP contribution in [0.15, 0.2) is 61.2 Å². The van der Waals surface area contributed by atoms with Gasteiger partial charge in [0.15, 0.2) is 0 Å². The molecule has 0 aliphatic rings. The number of nitrogens with one attached hydrogen (secondary N) is 2. The Labute approximate surface area is 203 Å². The van der Waals surface area contributed by atoms with Gasteiger partial charge in [-0.25, -0.2) is 9.67 Å². The van der Waals surface area contributed by atoms with Crippen LogP contribution in [0, 0.1) is 12.8 Å². The SMILES string of the molecule is Cc1cccc(-n2cc(CNC(=O)c3cccn4c(C(=O)N[C@H](CO)CC(C)C)cnc34)cn2)c1. The number of hydrogen-bond acceptors (Lipinski definition) is 5. The van der Waals surface area contributed by atoms with E-state index in [-0.39, 0.29) is 24.5 Å². The minimum atomic E-state index is -0.349. The molecule has 35 heavy (non-hydrogen) atoms. The third-order valence-corrected chi connectivity index (χ3v) is 5.68. The third-order valence-electron chi connectivity index (χ3n) is 5.68. The molecule has 3 aromatic heterocycles. The molecule has 4 rings (SSSR count). The molecule has 0 bridgehead atoms. The summed E-state index contributed by atoms with van der Waals surface area (Å²) in [6.45, 7) is 6.24. The Balaban J connectivity index is 1.46. The molecule has 3 N–H and O–H groups in total. The van der Waals surface area contributed by atoms with Crippen LogP contribution in [0.3, 0.4) is 0 Å². The Morgan fingerprint density at radius 2 is 1.94 bits per heavy atom. The Hall–Kier alpha value is -3.98. The average Bonchev–Trinajstić information content (AvgIpc) is 3.49. The van der Waals surface area contributed by atoms with Gasteiger partial charge < -0.3 is 15.7 Å². The van der Waals surface area contributed by atoms with Crippen LogP contribution in [0.4, 0.5) is 0 Å². The van der Waals surface area contributed by atoms with Gasteiger partial charge in [-0.2, -0.15) is 5.10 Å². The smallest absolute Gasteiger partial charge is 0.270 e. The number of pyridine rings is 1. The quantitative estimate of drug-likeness (QED) is 0.345. The van der Waals surface area contributed by atoms with Gasteiger partial charge in [0.25, 0.3) is 11.8 Å². The van der Waals surface area contributed by atoms with E-state index in [1.165, 1.54) is 6.20 Å². The van der Waals surface area contributed by atoms with Gasteiger partial charge in [0.05, 0.1) is 36.3 Å². The lowest BCUT2D eigenvalue weighted by Gasteiger charge is -2.18. The molecule has 3 heterocycles. The first kappa shape index (κ1) is 24.2. The highest BCUT2D eigenvalue weighted by molar-refractivity contribution is 6.01. The molecule has 0 saturated heterocycles. The van der Waals surface area contributed by atoms with Crippen molar-refractivity contribution < 1.29 is 14.7 Å². The molecule has 0 aliphatic heterocycles. The molecule has 1 aromatic carbocycles. The first-order chi connectivity index (χ1) is 16.9. The van der Waals surface area contributed by atoms with Crippen LogP contribution in [0.5, 0.6) is 0 Å². The van der Waals surface area contributed by atoms with E-state index in [0.29, 0.717) is 35.8 Å². The number of aliphatic hydroxyl groups excluding tert-OH is 1. The maximum Gasteiger partial charge on any atom is 0.270 e. The number of benzene rings is 1. The predicted molar refractivity (Wildman–Crippen MR) is 132 cm³/mol. The number of rotatable bonds is 9. The Morgan fingerprint density at radius 1 is 1.11 bits per heavy atom. The molecule has 0 fully saturated rings. The fraction of sp³-hybridized carbons (Fsp3) is 0.308. The number of fused-ring (bicyclic) bond motifs is 1. The number of aromatic nitrogens is 4. The monoisotopic (exact) mass is 474 g/mol. The van der Waals surface area contributed by atoms with Crippen LogP contribution in [0.1, 0.15) is 52.2 Å². The van der Waals surface area contributed by atoms with Crippen molar-refractivity contribution in [3.63, 3.8) is 0 Å². The molecule has 0 spiro atoms. The minimum absolute atomic E-state index is 0.144. The zero-order valence-electron chi connectivity index (χ0n) is 20.1. The number of nitrogens with zero attached hydrogens (tertiary/aromatic N) is 4. The lowest BCUT2D eigenvalue weighted by atomic mass is 10.0. The number of aryl methyl sites for hydroxylation is 1. The van der Waals surface area contributed by atoms with Crippen LogP contribution in [-0.2, 0) is 6.54 Å². The largest absolute Gasteiger partial charge is 0.394 e. The summed E-state index contributed by atoms with van der Waals surface area (Å²) in [4.78, 5) is 30.1. The zero-order chi connectivity index (χ0) is 24.9. The van der Waals surface area contributed by atoms with Crippen molar-refractivity contribution in [3.05, 3.63) is 83.6 Å². The fourth-order valence-corrected chi connectivity index (χ4v) is 4.00. The van der Waals surface area contributed by atoms with Crippen molar-refractivity contribution in [1.82, 2.24) is 29.8 Å². The second-order valence-electron chi connectivity index (χ2n) is 9.06. The van der Waals surface area contributed by atoms with Gasteiger partial charge in [-0.3, -0.25) is 14.0 Å². The number of amides is 2. The van der Waals surface area contributed by atoms with Gasteiger partial charge in [0.2, 0.25) is 0 Å². The number of carbonyl (C=O) groups is 2. The molecule has 1 atom stereocenters. The van der Waals surface area contributed by atoms with E-state index in [0.717, 1.165) is 16.8 Å². The molecule has 9 heteroatoms. The summed E-state index contributed by atoms with van der Waals surface area (Å²) in [5, 5.41) is 19.7. The molecular formula is C26H30N6O3. The predicted octanol–water partition coefficient (Wildman–Crippen LogP) is 2.90. The molecule has 0 radical (unpaired) electrons. The number of imidazole rings is 1. The van der Waals surface area contributed by atoms with E-state index in [4.69, 9.17) is 0 Å². The normalized spacial score (nSPS) is 12.1. The highest BCUT2D eigenvalue weighted by Gasteiger charge is 2.20. The number of carbonyl (C=O) groups excluding carboxylic acids is 2. The van der Waals surface area contributed by atoms with E-state index < -0.39 is 0 Å². The second kappa shape index (κ2) is 10.5. The molecule has 0 aliphatic carbocycles. The van der Waals surface area contributed by atoms with E-state index in [2.05, 4.69) is 20.7 Å². The number of aliphatic hydroxyl groups is 1. The first-order valence-electron chi connectivity index (χ1n) is 11.6. The van der Waals surface area contributed by atoms with E-state index in [9.17, 15) is 14.7 Å². The molecule has 9 nitrogen and oxygen atoms in total. The van der Waals surface area contributed by atoms with Gasteiger partial charge in [0.1, 0.15) is 11.3 Å². The third kappa shape index (κ3) is 5.58. The van der Waals surface area contributed by atoms with Gasteiger partial charge in [-0.15, -0.1) is 0 Å². The fourth-order valence-electron chi connectivity index (χ4n) is 4.00. The Kier molecular flexibility index (Phi) is 7.26. The minimum Gasteiger partial charge on any atom is -0.394 e. The summed E-state index contributed by atoms with van der Waals surface area (Å²) in [5.41, 5.74) is 3.99. The molecule has 2 amide bonds. The topological polar surface area (TPSA) is 114 Å². The Bertz CT molecular complexity index is 1340. The summed E-state index contributed by atoms with van der Waals surface area (Å²) in [6.07, 6.45) is 7.39. The summed E-state index contributed by atoms with van der Waals surface area (Å²) in [5.74, 6) is -0.323. The van der Waals surface area contributed by atoms with Crippen LogP contribution in [0.2, 0.25) is 0 Å². The van der Waals surface area contributed by atoms with Crippen molar-refractivity contribution in [2.45, 2.75) is 39.8 Å². The van der Waals surface area contributed by atoms with Crippen LogP contribution in [-0.4, -0.2) is 48.7 Å².